The van der Waals surface area contributed by atoms with E-state index in [9.17, 15) is 4.79 Å². The number of aromatic nitrogens is 3. The first kappa shape index (κ1) is 21.7. The Kier molecular flexibility index (Phi) is 5.76. The van der Waals surface area contributed by atoms with Gasteiger partial charge in [0.15, 0.2) is 17.1 Å². The lowest BCUT2D eigenvalue weighted by Crippen LogP contribution is -2.34. The molecule has 34 heavy (non-hydrogen) atoms. The molecular formula is C27H26N4O3. The van der Waals surface area contributed by atoms with Crippen LogP contribution in [0.4, 0.5) is 0 Å². The molecule has 7 heteroatoms. The molecule has 0 saturated carbocycles. The van der Waals surface area contributed by atoms with Crippen molar-refractivity contribution in [2.24, 2.45) is 0 Å². The fourth-order valence-corrected chi connectivity index (χ4v) is 4.33. The fraction of sp³-hybridized carbons (Fsp3) is 0.222. The van der Waals surface area contributed by atoms with Crippen molar-refractivity contribution in [1.29, 1.82) is 0 Å². The van der Waals surface area contributed by atoms with Crippen molar-refractivity contribution in [3.8, 4) is 22.8 Å². The summed E-state index contributed by atoms with van der Waals surface area (Å²) in [6.07, 6.45) is 4.20. The zero-order valence-electron chi connectivity index (χ0n) is 19.5. The summed E-state index contributed by atoms with van der Waals surface area (Å²) in [6, 6.07) is 17.8. The summed E-state index contributed by atoms with van der Waals surface area (Å²) in [5.41, 5.74) is 6.42. The number of hydrogen-bond acceptors (Lipinski definition) is 5. The molecule has 1 aliphatic heterocycles. The Balaban J connectivity index is 1.45. The summed E-state index contributed by atoms with van der Waals surface area (Å²) in [7, 11) is 3.25. The third kappa shape index (κ3) is 4.01. The number of carbonyl (C=O) groups excluding carboxylic acids is 1. The molecule has 0 N–H and O–H groups in total. The zero-order chi connectivity index (χ0) is 23.7. The minimum atomic E-state index is -0.0537. The van der Waals surface area contributed by atoms with Gasteiger partial charge in [-0.1, -0.05) is 30.3 Å². The predicted molar refractivity (Wildman–Crippen MR) is 131 cm³/mol. The monoisotopic (exact) mass is 454 g/mol. The largest absolute Gasteiger partial charge is 0.493 e. The Morgan fingerprint density at radius 3 is 2.47 bits per heavy atom. The van der Waals surface area contributed by atoms with Crippen molar-refractivity contribution in [1.82, 2.24) is 19.5 Å². The Labute approximate surface area is 198 Å². The van der Waals surface area contributed by atoms with Gasteiger partial charge in [0.25, 0.3) is 0 Å². The molecule has 0 radical (unpaired) electrons. The number of ether oxygens (including phenoxy) is 2. The van der Waals surface area contributed by atoms with Crippen LogP contribution in [-0.2, 0) is 17.8 Å². The molecule has 0 fully saturated rings. The van der Waals surface area contributed by atoms with Crippen LogP contribution in [0.15, 0.2) is 60.7 Å². The van der Waals surface area contributed by atoms with Crippen LogP contribution < -0.4 is 9.47 Å². The van der Waals surface area contributed by atoms with E-state index >= 15 is 0 Å². The van der Waals surface area contributed by atoms with Crippen LogP contribution in [0.1, 0.15) is 22.5 Å². The SMILES string of the molecule is COc1cc2c(cc1OC)CN(C(=O)/C=C/c1c(-c3ccccc3)nc3ccc(C)nn13)CC2. The number of aryl methyl sites for hydroxylation is 1. The molecule has 0 aliphatic carbocycles. The van der Waals surface area contributed by atoms with Crippen LogP contribution in [0.5, 0.6) is 11.5 Å². The number of methoxy groups -OCH3 is 2. The van der Waals surface area contributed by atoms with Crippen LogP contribution >= 0.6 is 0 Å². The number of hydrogen-bond donors (Lipinski definition) is 0. The minimum absolute atomic E-state index is 0.0537. The highest BCUT2D eigenvalue weighted by molar-refractivity contribution is 5.93. The Morgan fingerprint density at radius 2 is 1.74 bits per heavy atom. The Hall–Kier alpha value is -4.13. The van der Waals surface area contributed by atoms with Crippen molar-refractivity contribution >= 4 is 17.6 Å². The molecule has 2 aromatic carbocycles. The van der Waals surface area contributed by atoms with Crippen molar-refractivity contribution in [3.05, 3.63) is 83.2 Å². The zero-order valence-corrected chi connectivity index (χ0v) is 19.5. The van der Waals surface area contributed by atoms with E-state index in [1.54, 1.807) is 24.8 Å². The first-order valence-electron chi connectivity index (χ1n) is 11.2. The summed E-state index contributed by atoms with van der Waals surface area (Å²) < 4.78 is 12.7. The summed E-state index contributed by atoms with van der Waals surface area (Å²) in [5.74, 6) is 1.33. The van der Waals surface area contributed by atoms with Gasteiger partial charge in [0, 0.05) is 24.7 Å². The predicted octanol–water partition coefficient (Wildman–Crippen LogP) is 4.32. The van der Waals surface area contributed by atoms with Crippen LogP contribution in [0.3, 0.4) is 0 Å². The van der Waals surface area contributed by atoms with E-state index in [2.05, 4.69) is 5.10 Å². The molecule has 0 atom stereocenters. The van der Waals surface area contributed by atoms with E-state index in [1.165, 1.54) is 5.56 Å². The average molecular weight is 455 g/mol. The fourth-order valence-electron chi connectivity index (χ4n) is 4.33. The number of fused-ring (bicyclic) bond motifs is 2. The maximum Gasteiger partial charge on any atom is 0.246 e. The molecular weight excluding hydrogens is 428 g/mol. The minimum Gasteiger partial charge on any atom is -0.493 e. The lowest BCUT2D eigenvalue weighted by molar-refractivity contribution is -0.126. The average Bonchev–Trinajstić information content (AvgIpc) is 3.24. The van der Waals surface area contributed by atoms with E-state index in [4.69, 9.17) is 14.5 Å². The molecule has 3 heterocycles. The van der Waals surface area contributed by atoms with Crippen molar-refractivity contribution in [2.75, 3.05) is 20.8 Å². The van der Waals surface area contributed by atoms with Crippen molar-refractivity contribution < 1.29 is 14.3 Å². The number of nitrogens with zero attached hydrogens (tertiary/aromatic N) is 4. The lowest BCUT2D eigenvalue weighted by Gasteiger charge is -2.28. The highest BCUT2D eigenvalue weighted by Gasteiger charge is 2.22. The maximum absolute atomic E-state index is 13.2. The second kappa shape index (κ2) is 9.02. The van der Waals surface area contributed by atoms with Gasteiger partial charge in [-0.15, -0.1) is 0 Å². The van der Waals surface area contributed by atoms with E-state index in [-0.39, 0.29) is 5.91 Å². The van der Waals surface area contributed by atoms with E-state index < -0.39 is 0 Å². The number of rotatable bonds is 5. The standard InChI is InChI=1S/C27H26N4O3/c1-18-9-11-25-28-27(19-7-5-4-6-8-19)22(31(25)29-18)10-12-26(32)30-14-13-20-15-23(33-2)24(34-3)16-21(20)17-30/h4-12,15-16H,13-14,17H2,1-3H3/b12-10+. The highest BCUT2D eigenvalue weighted by atomic mass is 16.5. The molecule has 0 spiro atoms. The second-order valence-electron chi connectivity index (χ2n) is 8.28. The molecule has 0 unspecified atom stereocenters. The number of carbonyl (C=O) groups is 1. The van der Waals surface area contributed by atoms with Gasteiger partial charge in [-0.2, -0.15) is 5.10 Å². The first-order chi connectivity index (χ1) is 16.6. The van der Waals surface area contributed by atoms with Gasteiger partial charge < -0.3 is 14.4 Å². The van der Waals surface area contributed by atoms with Gasteiger partial charge in [0.05, 0.1) is 31.3 Å². The molecule has 4 aromatic rings. The molecule has 1 aliphatic rings. The molecule has 2 aromatic heterocycles. The van der Waals surface area contributed by atoms with Gasteiger partial charge in [-0.05, 0) is 54.8 Å². The van der Waals surface area contributed by atoms with Crippen LogP contribution in [0, 0.1) is 6.92 Å². The van der Waals surface area contributed by atoms with E-state index in [0.717, 1.165) is 40.3 Å². The summed E-state index contributed by atoms with van der Waals surface area (Å²) in [5, 5.41) is 4.63. The first-order valence-corrected chi connectivity index (χ1v) is 11.2. The van der Waals surface area contributed by atoms with Crippen LogP contribution in [-0.4, -0.2) is 46.2 Å². The topological polar surface area (TPSA) is 69.0 Å². The summed E-state index contributed by atoms with van der Waals surface area (Å²) >= 11 is 0. The molecule has 5 rings (SSSR count). The normalized spacial score (nSPS) is 13.3. The van der Waals surface area contributed by atoms with Crippen LogP contribution in [0.25, 0.3) is 23.0 Å². The maximum atomic E-state index is 13.2. The highest BCUT2D eigenvalue weighted by Crippen LogP contribution is 2.33. The third-order valence-electron chi connectivity index (χ3n) is 6.11. The number of benzene rings is 2. The van der Waals surface area contributed by atoms with E-state index in [1.807, 2.05) is 72.5 Å². The molecule has 0 bridgehead atoms. The van der Waals surface area contributed by atoms with Gasteiger partial charge in [-0.3, -0.25) is 4.79 Å². The van der Waals surface area contributed by atoms with Gasteiger partial charge >= 0.3 is 0 Å². The Bertz CT molecular complexity index is 1390. The van der Waals surface area contributed by atoms with E-state index in [0.29, 0.717) is 24.6 Å². The van der Waals surface area contributed by atoms with Crippen molar-refractivity contribution in [2.45, 2.75) is 19.9 Å². The quantitative estimate of drug-likeness (QED) is 0.420. The number of amides is 1. The lowest BCUT2D eigenvalue weighted by atomic mass is 9.98. The van der Waals surface area contributed by atoms with Crippen molar-refractivity contribution in [3.63, 3.8) is 0 Å². The number of imidazole rings is 1. The molecule has 172 valence electrons. The van der Waals surface area contributed by atoms with Gasteiger partial charge in [0.1, 0.15) is 0 Å². The third-order valence-corrected chi connectivity index (χ3v) is 6.11. The van der Waals surface area contributed by atoms with Crippen LogP contribution in [0.2, 0.25) is 0 Å². The second-order valence-corrected chi connectivity index (χ2v) is 8.28. The smallest absolute Gasteiger partial charge is 0.246 e. The van der Waals surface area contributed by atoms with Gasteiger partial charge in [-0.25, -0.2) is 9.50 Å². The summed E-state index contributed by atoms with van der Waals surface area (Å²) in [4.78, 5) is 19.8. The summed E-state index contributed by atoms with van der Waals surface area (Å²) in [6.45, 7) is 3.10. The molecule has 1 amide bonds. The molecule has 0 saturated heterocycles. The Morgan fingerprint density at radius 1 is 1.00 bits per heavy atom. The molecule has 7 nitrogen and oxygen atoms in total. The van der Waals surface area contributed by atoms with Gasteiger partial charge in [0.2, 0.25) is 5.91 Å².